The van der Waals surface area contributed by atoms with Gasteiger partial charge in [0.25, 0.3) is 5.91 Å². The highest BCUT2D eigenvalue weighted by atomic mass is 19.1. The molecule has 0 bridgehead atoms. The van der Waals surface area contributed by atoms with E-state index in [-0.39, 0.29) is 23.7 Å². The van der Waals surface area contributed by atoms with Crippen molar-refractivity contribution >= 4 is 11.8 Å². The molecule has 2 amide bonds. The van der Waals surface area contributed by atoms with Crippen LogP contribution in [0.25, 0.3) is 11.1 Å². The molecule has 0 radical (unpaired) electrons. The standard InChI is InChI=1S/C27H34FN3O2/c1-3-29(4-2)15-16-31-25-13-14-30(19-23(25)11-12-26(31)32)27(33)22-9-5-7-20(17-22)21-8-6-10-24(28)18-21/h5-10,17-18,23,25H,3-4,11-16,19H2,1-2H3/t23-,25+/m0/s1. The third-order valence-corrected chi connectivity index (χ3v) is 7.25. The Morgan fingerprint density at radius 2 is 1.79 bits per heavy atom. The normalized spacial score (nSPS) is 20.8. The first kappa shape index (κ1) is 23.4. The van der Waals surface area contributed by atoms with Crippen molar-refractivity contribution in [1.82, 2.24) is 14.7 Å². The summed E-state index contributed by atoms with van der Waals surface area (Å²) >= 11 is 0. The van der Waals surface area contributed by atoms with Gasteiger partial charge in [-0.3, -0.25) is 9.59 Å². The van der Waals surface area contributed by atoms with Gasteiger partial charge < -0.3 is 14.7 Å². The molecule has 0 aliphatic carbocycles. The quantitative estimate of drug-likeness (QED) is 0.631. The molecular formula is C27H34FN3O2. The van der Waals surface area contributed by atoms with E-state index in [0.717, 1.165) is 50.1 Å². The molecule has 33 heavy (non-hydrogen) atoms. The molecule has 2 heterocycles. The van der Waals surface area contributed by atoms with E-state index in [1.54, 1.807) is 6.07 Å². The summed E-state index contributed by atoms with van der Waals surface area (Å²) in [5.74, 6) is 0.302. The Hall–Kier alpha value is -2.73. The summed E-state index contributed by atoms with van der Waals surface area (Å²) in [6.45, 7) is 9.29. The molecule has 2 aliphatic heterocycles. The fourth-order valence-electron chi connectivity index (χ4n) is 5.30. The smallest absolute Gasteiger partial charge is 0.253 e. The fourth-order valence-corrected chi connectivity index (χ4v) is 5.30. The highest BCUT2D eigenvalue weighted by molar-refractivity contribution is 5.95. The van der Waals surface area contributed by atoms with Crippen LogP contribution in [0.3, 0.4) is 0 Å². The molecule has 4 rings (SSSR count). The van der Waals surface area contributed by atoms with Crippen molar-refractivity contribution in [3.63, 3.8) is 0 Å². The predicted octanol–water partition coefficient (Wildman–Crippen LogP) is 4.29. The number of fused-ring (bicyclic) bond motifs is 1. The van der Waals surface area contributed by atoms with Gasteiger partial charge in [0, 0.05) is 44.2 Å². The molecule has 0 aromatic heterocycles. The third-order valence-electron chi connectivity index (χ3n) is 7.25. The average Bonchev–Trinajstić information content (AvgIpc) is 2.85. The molecule has 2 aromatic carbocycles. The van der Waals surface area contributed by atoms with Gasteiger partial charge in [0.05, 0.1) is 0 Å². The molecule has 2 aliphatic rings. The Morgan fingerprint density at radius 1 is 1.06 bits per heavy atom. The Bertz CT molecular complexity index is 991. The van der Waals surface area contributed by atoms with E-state index in [2.05, 4.69) is 23.6 Å². The SMILES string of the molecule is CCN(CC)CCN1C(=O)CC[C@H]2CN(C(=O)c3cccc(-c4cccc(F)c4)c3)CC[C@H]21. The number of halogens is 1. The number of rotatable bonds is 7. The van der Waals surface area contributed by atoms with Gasteiger partial charge in [-0.15, -0.1) is 0 Å². The monoisotopic (exact) mass is 451 g/mol. The zero-order valence-corrected chi connectivity index (χ0v) is 19.7. The maximum absolute atomic E-state index is 13.7. The average molecular weight is 452 g/mol. The van der Waals surface area contributed by atoms with E-state index in [9.17, 15) is 14.0 Å². The van der Waals surface area contributed by atoms with Gasteiger partial charge in [0.2, 0.25) is 5.91 Å². The van der Waals surface area contributed by atoms with Crippen LogP contribution in [-0.4, -0.2) is 71.8 Å². The van der Waals surface area contributed by atoms with E-state index >= 15 is 0 Å². The van der Waals surface area contributed by atoms with Gasteiger partial charge in [-0.2, -0.15) is 0 Å². The van der Waals surface area contributed by atoms with Crippen LogP contribution in [0.15, 0.2) is 48.5 Å². The molecule has 2 aromatic rings. The zero-order valence-electron chi connectivity index (χ0n) is 19.7. The molecule has 176 valence electrons. The molecule has 0 N–H and O–H groups in total. The van der Waals surface area contributed by atoms with Crippen molar-refractivity contribution in [1.29, 1.82) is 0 Å². The summed E-state index contributed by atoms with van der Waals surface area (Å²) < 4.78 is 13.7. The highest BCUT2D eigenvalue weighted by Gasteiger charge is 2.40. The Labute approximate surface area is 196 Å². The van der Waals surface area contributed by atoms with E-state index in [4.69, 9.17) is 0 Å². The number of nitrogens with zero attached hydrogens (tertiary/aromatic N) is 3. The number of hydrogen-bond acceptors (Lipinski definition) is 3. The second-order valence-corrected chi connectivity index (χ2v) is 9.11. The minimum Gasteiger partial charge on any atom is -0.338 e. The molecule has 0 spiro atoms. The van der Waals surface area contributed by atoms with Gasteiger partial charge >= 0.3 is 0 Å². The van der Waals surface area contributed by atoms with Crippen LogP contribution in [0, 0.1) is 11.7 Å². The molecular weight excluding hydrogens is 417 g/mol. The molecule has 2 saturated heterocycles. The van der Waals surface area contributed by atoms with Crippen molar-refractivity contribution in [3.8, 4) is 11.1 Å². The lowest BCUT2D eigenvalue weighted by Gasteiger charge is -2.47. The van der Waals surface area contributed by atoms with Gasteiger partial charge in [0.15, 0.2) is 0 Å². The lowest BCUT2D eigenvalue weighted by molar-refractivity contribution is -0.140. The van der Waals surface area contributed by atoms with E-state index in [1.165, 1.54) is 12.1 Å². The lowest BCUT2D eigenvalue weighted by Crippen LogP contribution is -2.58. The maximum Gasteiger partial charge on any atom is 0.253 e. The van der Waals surface area contributed by atoms with Crippen LogP contribution in [-0.2, 0) is 4.79 Å². The van der Waals surface area contributed by atoms with Crippen molar-refractivity contribution in [2.45, 2.75) is 39.2 Å². The zero-order chi connectivity index (χ0) is 23.4. The van der Waals surface area contributed by atoms with Crippen LogP contribution < -0.4 is 0 Å². The molecule has 0 saturated carbocycles. The first-order chi connectivity index (χ1) is 16.0. The Balaban J connectivity index is 1.44. The minimum absolute atomic E-state index is 0.0123. The fraction of sp³-hybridized carbons (Fsp3) is 0.481. The van der Waals surface area contributed by atoms with Gasteiger partial charge in [-0.25, -0.2) is 4.39 Å². The second-order valence-electron chi connectivity index (χ2n) is 9.11. The number of likely N-dealkylation sites (tertiary alicyclic amines) is 2. The molecule has 0 unspecified atom stereocenters. The minimum atomic E-state index is -0.288. The molecule has 2 atom stereocenters. The van der Waals surface area contributed by atoms with E-state index < -0.39 is 0 Å². The number of carbonyl (C=O) groups excluding carboxylic acids is 2. The first-order valence-corrected chi connectivity index (χ1v) is 12.2. The Morgan fingerprint density at radius 3 is 2.52 bits per heavy atom. The molecule has 5 nitrogen and oxygen atoms in total. The van der Waals surface area contributed by atoms with Crippen LogP contribution >= 0.6 is 0 Å². The van der Waals surface area contributed by atoms with Crippen LogP contribution in [0.5, 0.6) is 0 Å². The summed E-state index contributed by atoms with van der Waals surface area (Å²) in [5.41, 5.74) is 2.22. The number of amides is 2. The summed E-state index contributed by atoms with van der Waals surface area (Å²) in [7, 11) is 0. The van der Waals surface area contributed by atoms with Crippen LogP contribution in [0.1, 0.15) is 43.5 Å². The van der Waals surface area contributed by atoms with Crippen molar-refractivity contribution in [2.75, 3.05) is 39.3 Å². The third kappa shape index (κ3) is 5.27. The lowest BCUT2D eigenvalue weighted by atomic mass is 9.83. The van der Waals surface area contributed by atoms with Gasteiger partial charge in [-0.1, -0.05) is 38.1 Å². The second kappa shape index (κ2) is 10.5. The largest absolute Gasteiger partial charge is 0.338 e. The number of carbonyl (C=O) groups is 2. The maximum atomic E-state index is 13.7. The summed E-state index contributed by atoms with van der Waals surface area (Å²) in [6, 6.07) is 14.1. The van der Waals surface area contributed by atoms with E-state index in [1.807, 2.05) is 35.2 Å². The number of benzene rings is 2. The van der Waals surface area contributed by atoms with Crippen LogP contribution in [0.2, 0.25) is 0 Å². The summed E-state index contributed by atoms with van der Waals surface area (Å²) in [4.78, 5) is 32.4. The van der Waals surface area contributed by atoms with Crippen molar-refractivity contribution in [3.05, 3.63) is 59.9 Å². The van der Waals surface area contributed by atoms with Gasteiger partial charge in [0.1, 0.15) is 5.82 Å². The predicted molar refractivity (Wildman–Crippen MR) is 128 cm³/mol. The Kier molecular flexibility index (Phi) is 7.43. The summed E-state index contributed by atoms with van der Waals surface area (Å²) in [6.07, 6.45) is 2.23. The number of likely N-dealkylation sites (N-methyl/N-ethyl adjacent to an activating group) is 1. The molecule has 2 fully saturated rings. The van der Waals surface area contributed by atoms with Crippen LogP contribution in [0.4, 0.5) is 4.39 Å². The first-order valence-electron chi connectivity index (χ1n) is 12.2. The van der Waals surface area contributed by atoms with Crippen molar-refractivity contribution in [2.24, 2.45) is 5.92 Å². The number of hydrogen-bond donors (Lipinski definition) is 0. The van der Waals surface area contributed by atoms with E-state index in [0.29, 0.717) is 31.0 Å². The molecule has 6 heteroatoms. The summed E-state index contributed by atoms with van der Waals surface area (Å²) in [5, 5.41) is 0. The van der Waals surface area contributed by atoms with Crippen molar-refractivity contribution < 1.29 is 14.0 Å². The highest BCUT2D eigenvalue weighted by Crippen LogP contribution is 2.32. The van der Waals surface area contributed by atoms with Gasteiger partial charge in [-0.05, 0) is 67.2 Å². The number of piperidine rings is 2. The topological polar surface area (TPSA) is 43.9 Å².